The maximum atomic E-state index is 10.3. The van der Waals surface area contributed by atoms with E-state index in [1.54, 1.807) is 0 Å². The first kappa shape index (κ1) is 9.59. The maximum Gasteiger partial charge on any atom is 0.158 e. The van der Waals surface area contributed by atoms with E-state index in [1.807, 2.05) is 20.8 Å². The molecule has 0 aliphatic rings. The van der Waals surface area contributed by atoms with E-state index < -0.39 is 0 Å². The second-order valence-corrected chi connectivity index (χ2v) is 3.16. The van der Waals surface area contributed by atoms with Gasteiger partial charge in [-0.3, -0.25) is 4.79 Å². The molecular weight excluding hydrogens is 132 g/mol. The zero-order chi connectivity index (χ0) is 8.20. The van der Waals surface area contributed by atoms with E-state index in [0.29, 0.717) is 0 Å². The molecule has 0 aliphatic carbocycles. The van der Waals surface area contributed by atoms with Gasteiger partial charge in [0.15, 0.2) is 5.78 Å². The van der Waals surface area contributed by atoms with E-state index >= 15 is 0 Å². The van der Waals surface area contributed by atoms with Crippen molar-refractivity contribution >= 4 is 5.78 Å². The summed E-state index contributed by atoms with van der Waals surface area (Å²) in [6, 6.07) is 0. The predicted molar refractivity (Wildman–Crippen MR) is 37.5 cm³/mol. The molecule has 0 aromatic carbocycles. The van der Waals surface area contributed by atoms with Crippen LogP contribution in [0.5, 0.6) is 0 Å². The Balaban J connectivity index is 3.29. The molecule has 0 rings (SSSR count). The van der Waals surface area contributed by atoms with Crippen LogP contribution in [-0.2, 0) is 14.6 Å². The lowest BCUT2D eigenvalue weighted by Gasteiger charge is -2.16. The van der Waals surface area contributed by atoms with Crippen molar-refractivity contribution in [2.45, 2.75) is 33.3 Å². The molecule has 0 atom stereocenters. The van der Waals surface area contributed by atoms with Gasteiger partial charge in [0.25, 0.3) is 0 Å². The molecule has 0 aliphatic heterocycles. The van der Waals surface area contributed by atoms with Crippen LogP contribution in [0.4, 0.5) is 0 Å². The summed E-state index contributed by atoms with van der Waals surface area (Å²) in [7, 11) is 0. The number of carbonyl (C=O) groups is 1. The summed E-state index contributed by atoms with van der Waals surface area (Å²) in [5.74, 6) is -0.0377. The number of Topliss-reactive ketones (excluding diaryl/α,β-unsaturated/α-hetero) is 1. The first-order valence-electron chi connectivity index (χ1n) is 3.22. The Morgan fingerprint density at radius 3 is 2.20 bits per heavy atom. The maximum absolute atomic E-state index is 10.3. The minimum absolute atomic E-state index is 0.0251. The monoisotopic (exact) mass is 146 g/mol. The summed E-state index contributed by atoms with van der Waals surface area (Å²) in [4.78, 5) is 19.8. The van der Waals surface area contributed by atoms with Gasteiger partial charge in [0.05, 0.1) is 5.60 Å². The third-order valence-electron chi connectivity index (χ3n) is 0.571. The molecule has 3 heteroatoms. The third kappa shape index (κ3) is 7.59. The first-order valence-corrected chi connectivity index (χ1v) is 3.22. The molecule has 0 heterocycles. The summed E-state index contributed by atoms with van der Waals surface area (Å²) < 4.78 is 0. The normalized spacial score (nSPS) is 11.6. The fourth-order valence-electron chi connectivity index (χ4n) is 0.289. The van der Waals surface area contributed by atoms with Crippen molar-refractivity contribution < 1.29 is 14.6 Å². The summed E-state index contributed by atoms with van der Waals surface area (Å²) in [5, 5.41) is 0. The Hall–Kier alpha value is -0.410. The van der Waals surface area contributed by atoms with Gasteiger partial charge in [0, 0.05) is 0 Å². The van der Waals surface area contributed by atoms with E-state index in [4.69, 9.17) is 4.89 Å². The van der Waals surface area contributed by atoms with Gasteiger partial charge < -0.3 is 0 Å². The van der Waals surface area contributed by atoms with Crippen LogP contribution in [-0.4, -0.2) is 18.0 Å². The van der Waals surface area contributed by atoms with Gasteiger partial charge in [-0.2, -0.15) is 0 Å². The van der Waals surface area contributed by atoms with Gasteiger partial charge >= 0.3 is 0 Å². The molecule has 0 saturated carbocycles. The van der Waals surface area contributed by atoms with Crippen molar-refractivity contribution in [2.75, 3.05) is 6.61 Å². The summed E-state index contributed by atoms with van der Waals surface area (Å²) >= 11 is 0. The molecule has 0 aromatic heterocycles. The van der Waals surface area contributed by atoms with Crippen molar-refractivity contribution in [3.8, 4) is 0 Å². The fourth-order valence-corrected chi connectivity index (χ4v) is 0.289. The van der Waals surface area contributed by atoms with E-state index in [-0.39, 0.29) is 18.0 Å². The number of hydrogen-bond acceptors (Lipinski definition) is 3. The third-order valence-corrected chi connectivity index (χ3v) is 0.571. The smallest absolute Gasteiger partial charge is 0.158 e. The van der Waals surface area contributed by atoms with E-state index in [2.05, 4.69) is 4.89 Å². The van der Waals surface area contributed by atoms with Crippen molar-refractivity contribution in [1.82, 2.24) is 0 Å². The van der Waals surface area contributed by atoms with Gasteiger partial charge in [-0.25, -0.2) is 9.78 Å². The molecule has 0 N–H and O–H groups in total. The fraction of sp³-hybridized carbons (Fsp3) is 0.857. The molecular formula is C7H14O3. The minimum atomic E-state index is -0.338. The van der Waals surface area contributed by atoms with Crippen molar-refractivity contribution in [3.63, 3.8) is 0 Å². The zero-order valence-corrected chi connectivity index (χ0v) is 6.93. The number of ketones is 1. The van der Waals surface area contributed by atoms with Crippen LogP contribution < -0.4 is 0 Å². The van der Waals surface area contributed by atoms with Gasteiger partial charge in [0.2, 0.25) is 0 Å². The Morgan fingerprint density at radius 2 is 1.90 bits per heavy atom. The molecule has 0 saturated heterocycles. The number of rotatable bonds is 3. The molecule has 3 nitrogen and oxygen atoms in total. The van der Waals surface area contributed by atoms with E-state index in [9.17, 15) is 4.79 Å². The lowest BCUT2D eigenvalue weighted by atomic mass is 10.2. The standard InChI is InChI=1S/C7H14O3/c1-6(8)5-9-10-7(2,3)4/h5H2,1-4H3. The van der Waals surface area contributed by atoms with E-state index in [0.717, 1.165) is 0 Å². The van der Waals surface area contributed by atoms with Crippen LogP contribution in [0.3, 0.4) is 0 Å². The van der Waals surface area contributed by atoms with Gasteiger partial charge in [0.1, 0.15) is 6.61 Å². The minimum Gasteiger partial charge on any atom is -0.297 e. The average molecular weight is 146 g/mol. The van der Waals surface area contributed by atoms with Crippen LogP contribution in [0.2, 0.25) is 0 Å². The summed E-state index contributed by atoms with van der Waals surface area (Å²) in [6.45, 7) is 7.04. The van der Waals surface area contributed by atoms with Crippen LogP contribution in [0, 0.1) is 0 Å². The van der Waals surface area contributed by atoms with Gasteiger partial charge in [-0.05, 0) is 27.7 Å². The zero-order valence-electron chi connectivity index (χ0n) is 6.93. The molecule has 0 unspecified atom stereocenters. The summed E-state index contributed by atoms with van der Waals surface area (Å²) in [5.41, 5.74) is -0.338. The molecule has 0 bridgehead atoms. The first-order chi connectivity index (χ1) is 4.42. The SMILES string of the molecule is CC(=O)COOC(C)(C)C. The number of hydrogen-bond donors (Lipinski definition) is 0. The van der Waals surface area contributed by atoms with Crippen LogP contribution in [0.25, 0.3) is 0 Å². The molecule has 0 amide bonds. The van der Waals surface area contributed by atoms with Crippen molar-refractivity contribution in [2.24, 2.45) is 0 Å². The molecule has 0 aromatic rings. The lowest BCUT2D eigenvalue weighted by Crippen LogP contribution is -2.21. The topological polar surface area (TPSA) is 35.5 Å². The molecule has 0 fully saturated rings. The van der Waals surface area contributed by atoms with Crippen molar-refractivity contribution in [3.05, 3.63) is 0 Å². The largest absolute Gasteiger partial charge is 0.297 e. The lowest BCUT2D eigenvalue weighted by molar-refractivity contribution is -0.342. The highest BCUT2D eigenvalue weighted by atomic mass is 17.2. The highest BCUT2D eigenvalue weighted by Crippen LogP contribution is 2.06. The Labute approximate surface area is 61.2 Å². The number of carbonyl (C=O) groups excluding carboxylic acids is 1. The molecule has 0 spiro atoms. The van der Waals surface area contributed by atoms with Crippen LogP contribution in [0.1, 0.15) is 27.7 Å². The summed E-state index contributed by atoms with van der Waals surface area (Å²) in [6.07, 6.45) is 0. The van der Waals surface area contributed by atoms with Crippen LogP contribution >= 0.6 is 0 Å². The molecule has 10 heavy (non-hydrogen) atoms. The Kier molecular flexibility index (Phi) is 3.53. The Morgan fingerprint density at radius 1 is 1.40 bits per heavy atom. The second kappa shape index (κ2) is 3.68. The highest BCUT2D eigenvalue weighted by Gasteiger charge is 2.11. The predicted octanol–water partition coefficient (Wildman–Crippen LogP) is 1.32. The average Bonchev–Trinajstić information content (AvgIpc) is 1.59. The van der Waals surface area contributed by atoms with Gasteiger partial charge in [-0.1, -0.05) is 0 Å². The molecule has 0 radical (unpaired) electrons. The quantitative estimate of drug-likeness (QED) is 0.445. The molecule has 60 valence electrons. The van der Waals surface area contributed by atoms with Crippen molar-refractivity contribution in [1.29, 1.82) is 0 Å². The Bertz CT molecular complexity index is 113. The van der Waals surface area contributed by atoms with Gasteiger partial charge in [-0.15, -0.1) is 0 Å². The van der Waals surface area contributed by atoms with E-state index in [1.165, 1.54) is 6.92 Å². The highest BCUT2D eigenvalue weighted by molar-refractivity contribution is 5.76. The van der Waals surface area contributed by atoms with Crippen LogP contribution in [0.15, 0.2) is 0 Å². The second-order valence-electron chi connectivity index (χ2n) is 3.16.